The molecular weight excluding hydrogens is 348 g/mol. The van der Waals surface area contributed by atoms with Crippen molar-refractivity contribution in [2.45, 2.75) is 6.42 Å². The number of halogens is 1. The maximum Gasteiger partial charge on any atom is 0.223 e. The lowest BCUT2D eigenvalue weighted by molar-refractivity contribution is 0.475. The molecule has 5 nitrogen and oxygen atoms in total. The highest BCUT2D eigenvalue weighted by Crippen LogP contribution is 2.24. The number of rotatable bonds is 5. The third-order valence-electron chi connectivity index (χ3n) is 4.21. The normalized spacial score (nSPS) is 11.0. The Bertz CT molecular complexity index is 1060. The van der Waals surface area contributed by atoms with Gasteiger partial charge in [-0.15, -0.1) is 0 Å². The van der Waals surface area contributed by atoms with E-state index in [2.05, 4.69) is 32.4 Å². The molecule has 0 saturated heterocycles. The Morgan fingerprint density at radius 1 is 1.08 bits per heavy atom. The molecule has 2 aromatic heterocycles. The van der Waals surface area contributed by atoms with Crippen LogP contribution < -0.4 is 5.32 Å². The first-order valence-corrected chi connectivity index (χ1v) is 8.69. The second-order valence-corrected chi connectivity index (χ2v) is 6.41. The summed E-state index contributed by atoms with van der Waals surface area (Å²) in [5.41, 5.74) is 4.06. The molecule has 130 valence electrons. The lowest BCUT2D eigenvalue weighted by Crippen LogP contribution is -2.08. The summed E-state index contributed by atoms with van der Waals surface area (Å²) in [5, 5.41) is 14.2. The summed E-state index contributed by atoms with van der Waals surface area (Å²) in [6.45, 7) is 0.668. The molecule has 3 N–H and O–H groups in total. The first-order chi connectivity index (χ1) is 12.7. The molecule has 0 aliphatic carbocycles. The molecule has 0 fully saturated rings. The Morgan fingerprint density at radius 3 is 2.88 bits per heavy atom. The predicted octanol–water partition coefficient (Wildman–Crippen LogP) is 4.64. The molecule has 6 heteroatoms. The van der Waals surface area contributed by atoms with Crippen LogP contribution in [0.25, 0.3) is 22.2 Å². The van der Waals surface area contributed by atoms with E-state index < -0.39 is 0 Å². The molecule has 0 aliphatic rings. The number of aromatic hydroxyl groups is 1. The van der Waals surface area contributed by atoms with Crippen LogP contribution in [0.3, 0.4) is 0 Å². The summed E-state index contributed by atoms with van der Waals surface area (Å²) in [4.78, 5) is 12.1. The fraction of sp³-hybridized carbons (Fsp3) is 0.100. The summed E-state index contributed by atoms with van der Waals surface area (Å²) in [6, 6.07) is 15.4. The highest BCUT2D eigenvalue weighted by molar-refractivity contribution is 6.32. The Kier molecular flexibility index (Phi) is 4.46. The predicted molar refractivity (Wildman–Crippen MR) is 105 cm³/mol. The molecule has 26 heavy (non-hydrogen) atoms. The van der Waals surface area contributed by atoms with Crippen LogP contribution in [0, 0.1) is 0 Å². The van der Waals surface area contributed by atoms with Gasteiger partial charge in [-0.05, 0) is 48.4 Å². The van der Waals surface area contributed by atoms with Gasteiger partial charge in [0.05, 0.1) is 10.7 Å². The number of nitrogens with one attached hydrogen (secondary N) is 2. The van der Waals surface area contributed by atoms with Crippen molar-refractivity contribution >= 4 is 28.5 Å². The van der Waals surface area contributed by atoms with Gasteiger partial charge in [-0.3, -0.25) is 0 Å². The summed E-state index contributed by atoms with van der Waals surface area (Å²) < 4.78 is 0. The van der Waals surface area contributed by atoms with Gasteiger partial charge in [0.15, 0.2) is 0 Å². The highest BCUT2D eigenvalue weighted by atomic mass is 35.5. The second-order valence-electron chi connectivity index (χ2n) is 6.01. The molecule has 0 atom stereocenters. The van der Waals surface area contributed by atoms with Crippen LogP contribution in [0.5, 0.6) is 5.75 Å². The number of phenolic OH excluding ortho intramolecular Hbond substituents is 1. The average Bonchev–Trinajstić information content (AvgIpc) is 3.13. The number of fused-ring (bicyclic) bond motifs is 1. The van der Waals surface area contributed by atoms with Crippen LogP contribution in [-0.2, 0) is 6.42 Å². The van der Waals surface area contributed by atoms with Gasteiger partial charge in [0.25, 0.3) is 0 Å². The van der Waals surface area contributed by atoms with Crippen LogP contribution in [0.1, 0.15) is 5.56 Å². The molecule has 4 rings (SSSR count). The Labute approximate surface area is 155 Å². The molecule has 2 heterocycles. The zero-order chi connectivity index (χ0) is 17.9. The summed E-state index contributed by atoms with van der Waals surface area (Å²) >= 11 is 5.93. The fourth-order valence-electron chi connectivity index (χ4n) is 2.84. The van der Waals surface area contributed by atoms with Crippen molar-refractivity contribution < 1.29 is 5.11 Å². The quantitative estimate of drug-likeness (QED) is 0.482. The zero-order valence-corrected chi connectivity index (χ0v) is 14.7. The van der Waals surface area contributed by atoms with E-state index >= 15 is 0 Å². The molecule has 0 saturated carbocycles. The molecule has 0 unspecified atom stereocenters. The first kappa shape index (κ1) is 16.4. The first-order valence-electron chi connectivity index (χ1n) is 8.31. The largest absolute Gasteiger partial charge is 0.506 e. The summed E-state index contributed by atoms with van der Waals surface area (Å²) in [7, 11) is 0. The van der Waals surface area contributed by atoms with E-state index in [1.807, 2.05) is 30.5 Å². The van der Waals surface area contributed by atoms with Crippen LogP contribution in [0.15, 0.2) is 60.9 Å². The molecule has 0 spiro atoms. The van der Waals surface area contributed by atoms with Gasteiger partial charge in [0.2, 0.25) is 5.95 Å². The van der Waals surface area contributed by atoms with Gasteiger partial charge in [-0.1, -0.05) is 23.7 Å². The Balaban J connectivity index is 1.46. The highest BCUT2D eigenvalue weighted by Gasteiger charge is 2.05. The lowest BCUT2D eigenvalue weighted by Gasteiger charge is -2.08. The number of hydrogen-bond donors (Lipinski definition) is 3. The monoisotopic (exact) mass is 364 g/mol. The van der Waals surface area contributed by atoms with Crippen molar-refractivity contribution in [2.24, 2.45) is 0 Å². The van der Waals surface area contributed by atoms with Crippen molar-refractivity contribution in [3.63, 3.8) is 0 Å². The number of aromatic nitrogens is 3. The Hall–Kier alpha value is -3.05. The van der Waals surface area contributed by atoms with Crippen molar-refractivity contribution in [2.75, 3.05) is 11.9 Å². The van der Waals surface area contributed by atoms with Crippen molar-refractivity contribution in [3.8, 4) is 17.0 Å². The minimum absolute atomic E-state index is 0.0961. The number of hydrogen-bond acceptors (Lipinski definition) is 4. The maximum atomic E-state index is 9.47. The summed E-state index contributed by atoms with van der Waals surface area (Å²) in [5.74, 6) is 0.681. The van der Waals surface area contributed by atoms with Crippen LogP contribution in [0.4, 0.5) is 5.95 Å². The SMILES string of the molecule is Oc1ccc(CCNc2nccc(-c3ccc4[nH]ccc4c3)n2)cc1Cl. The summed E-state index contributed by atoms with van der Waals surface area (Å²) in [6.07, 6.45) is 4.43. The van der Waals surface area contributed by atoms with E-state index in [4.69, 9.17) is 11.6 Å². The van der Waals surface area contributed by atoms with Crippen molar-refractivity contribution in [1.29, 1.82) is 0 Å². The molecule has 2 aromatic carbocycles. The number of anilines is 1. The third kappa shape index (κ3) is 3.48. The van der Waals surface area contributed by atoms with E-state index in [0.29, 0.717) is 17.5 Å². The molecule has 0 amide bonds. The maximum absolute atomic E-state index is 9.47. The second kappa shape index (κ2) is 7.06. The Morgan fingerprint density at radius 2 is 2.00 bits per heavy atom. The smallest absolute Gasteiger partial charge is 0.223 e. The third-order valence-corrected chi connectivity index (χ3v) is 4.52. The van der Waals surface area contributed by atoms with Crippen LogP contribution in [0.2, 0.25) is 5.02 Å². The lowest BCUT2D eigenvalue weighted by atomic mass is 10.1. The van der Waals surface area contributed by atoms with Crippen LogP contribution >= 0.6 is 11.6 Å². The van der Waals surface area contributed by atoms with E-state index in [-0.39, 0.29) is 5.75 Å². The van der Waals surface area contributed by atoms with Gasteiger partial charge in [0.1, 0.15) is 5.75 Å². The number of aromatic amines is 1. The minimum atomic E-state index is 0.0961. The topological polar surface area (TPSA) is 73.8 Å². The van der Waals surface area contributed by atoms with Gasteiger partial charge >= 0.3 is 0 Å². The number of benzene rings is 2. The fourth-order valence-corrected chi connectivity index (χ4v) is 3.04. The van der Waals surface area contributed by atoms with E-state index in [0.717, 1.165) is 34.1 Å². The molecule has 0 bridgehead atoms. The molecule has 0 aliphatic heterocycles. The van der Waals surface area contributed by atoms with E-state index in [1.165, 1.54) is 0 Å². The minimum Gasteiger partial charge on any atom is -0.506 e. The molecule has 4 aromatic rings. The van der Waals surface area contributed by atoms with Crippen LogP contribution in [-0.4, -0.2) is 26.6 Å². The van der Waals surface area contributed by atoms with Gasteiger partial charge < -0.3 is 15.4 Å². The van der Waals surface area contributed by atoms with Gasteiger partial charge in [-0.2, -0.15) is 0 Å². The number of phenols is 1. The van der Waals surface area contributed by atoms with E-state index in [9.17, 15) is 5.11 Å². The zero-order valence-electron chi connectivity index (χ0n) is 13.9. The average molecular weight is 365 g/mol. The van der Waals surface area contributed by atoms with Gasteiger partial charge in [0, 0.05) is 35.4 Å². The standard InChI is InChI=1S/C20H17ClN4O/c21-16-11-13(1-4-19(16)26)5-8-23-20-24-10-7-18(25-20)14-2-3-17-15(12-14)6-9-22-17/h1-4,6-7,9-12,22,26H,5,8H2,(H,23,24,25). The number of nitrogens with zero attached hydrogens (tertiary/aromatic N) is 2. The molecular formula is C20H17ClN4O. The van der Waals surface area contributed by atoms with Crippen molar-refractivity contribution in [3.05, 3.63) is 71.5 Å². The number of H-pyrrole nitrogens is 1. The van der Waals surface area contributed by atoms with E-state index in [1.54, 1.807) is 18.3 Å². The van der Waals surface area contributed by atoms with Gasteiger partial charge in [-0.25, -0.2) is 9.97 Å². The van der Waals surface area contributed by atoms with Crippen molar-refractivity contribution in [1.82, 2.24) is 15.0 Å². The molecule has 0 radical (unpaired) electrons.